The van der Waals surface area contributed by atoms with Crippen LogP contribution in [0.25, 0.3) is 16.5 Å². The summed E-state index contributed by atoms with van der Waals surface area (Å²) in [5, 5.41) is 4.16. The van der Waals surface area contributed by atoms with Crippen molar-refractivity contribution in [3.8, 4) is 0 Å². The van der Waals surface area contributed by atoms with E-state index in [1.54, 1.807) is 13.3 Å². The number of carbonyl (C=O) groups is 1. The first-order valence-electron chi connectivity index (χ1n) is 11.3. The molecule has 2 aromatic heterocycles. The fraction of sp³-hybridized carbons (Fsp3) is 0.259. The third-order valence-electron chi connectivity index (χ3n) is 6.04. The van der Waals surface area contributed by atoms with Crippen LogP contribution in [0.2, 0.25) is 0 Å². The molecule has 6 heteroatoms. The van der Waals surface area contributed by atoms with Crippen molar-refractivity contribution in [3.63, 3.8) is 0 Å². The fourth-order valence-corrected chi connectivity index (χ4v) is 4.25. The van der Waals surface area contributed by atoms with Crippen molar-refractivity contribution in [2.75, 3.05) is 7.05 Å². The van der Waals surface area contributed by atoms with Crippen molar-refractivity contribution in [1.29, 1.82) is 0 Å². The molecule has 3 aromatic rings. The van der Waals surface area contributed by atoms with Crippen molar-refractivity contribution in [2.24, 2.45) is 10.7 Å². The van der Waals surface area contributed by atoms with E-state index in [1.165, 1.54) is 6.20 Å². The number of hydrogen-bond acceptors (Lipinski definition) is 5. The molecule has 1 fully saturated rings. The number of para-hydroxylation sites is 1. The number of allylic oxidation sites excluding steroid dienone is 1. The molecule has 0 aliphatic heterocycles. The normalized spacial score (nSPS) is 16.9. The molecule has 0 saturated heterocycles. The van der Waals surface area contributed by atoms with Gasteiger partial charge >= 0.3 is 0 Å². The molecule has 1 aliphatic carbocycles. The maximum absolute atomic E-state index is 13.1. The number of amides is 1. The Morgan fingerprint density at radius 2 is 2.09 bits per heavy atom. The Hall–Kier alpha value is -3.80. The van der Waals surface area contributed by atoms with Gasteiger partial charge in [0.15, 0.2) is 0 Å². The van der Waals surface area contributed by atoms with E-state index in [4.69, 9.17) is 5.73 Å². The maximum Gasteiger partial charge on any atom is 0.270 e. The smallest absolute Gasteiger partial charge is 0.270 e. The van der Waals surface area contributed by atoms with Crippen LogP contribution in [0, 0.1) is 0 Å². The number of hydrogen-bond donors (Lipinski definition) is 2. The lowest BCUT2D eigenvalue weighted by Gasteiger charge is -2.25. The quantitative estimate of drug-likeness (QED) is 0.438. The first kappa shape index (κ1) is 22.4. The predicted molar refractivity (Wildman–Crippen MR) is 134 cm³/mol. The van der Waals surface area contributed by atoms with E-state index in [1.807, 2.05) is 48.7 Å². The van der Waals surface area contributed by atoms with Crippen LogP contribution in [0.3, 0.4) is 0 Å². The van der Waals surface area contributed by atoms with Gasteiger partial charge in [-0.2, -0.15) is 0 Å². The van der Waals surface area contributed by atoms with Crippen molar-refractivity contribution in [1.82, 2.24) is 15.3 Å². The minimum absolute atomic E-state index is 0.0242. The summed E-state index contributed by atoms with van der Waals surface area (Å²) < 4.78 is 0. The number of carbonyl (C=O) groups excluding carboxylic acids is 1. The molecule has 33 heavy (non-hydrogen) atoms. The average Bonchev–Trinajstić information content (AvgIpc) is 2.84. The minimum atomic E-state index is -0.153. The van der Waals surface area contributed by atoms with Crippen LogP contribution < -0.4 is 11.1 Å². The Bertz CT molecular complexity index is 1230. The van der Waals surface area contributed by atoms with Crippen LogP contribution in [0.5, 0.6) is 0 Å². The molecule has 0 spiro atoms. The molecule has 2 heterocycles. The molecule has 1 aliphatic rings. The third kappa shape index (κ3) is 5.17. The van der Waals surface area contributed by atoms with Gasteiger partial charge in [-0.25, -0.2) is 4.98 Å². The fourth-order valence-electron chi connectivity index (χ4n) is 4.25. The average molecular weight is 440 g/mol. The number of nitrogens with one attached hydrogen (secondary N) is 1. The topological polar surface area (TPSA) is 93.3 Å². The second-order valence-corrected chi connectivity index (χ2v) is 8.35. The van der Waals surface area contributed by atoms with E-state index in [0.717, 1.165) is 64.6 Å². The lowest BCUT2D eigenvalue weighted by molar-refractivity contribution is 0.0933. The van der Waals surface area contributed by atoms with Gasteiger partial charge in [-0.15, -0.1) is 0 Å². The summed E-state index contributed by atoms with van der Waals surface area (Å²) in [7, 11) is 1.70. The number of aliphatic imine (C=N–C) groups is 1. The molecule has 1 saturated carbocycles. The maximum atomic E-state index is 13.1. The summed E-state index contributed by atoms with van der Waals surface area (Å²) in [6.45, 7) is 4.14. The van der Waals surface area contributed by atoms with E-state index < -0.39 is 0 Å². The number of pyridine rings is 2. The van der Waals surface area contributed by atoms with Gasteiger partial charge in [0.05, 0.1) is 17.3 Å². The summed E-state index contributed by atoms with van der Waals surface area (Å²) in [5.74, 6) is -0.153. The van der Waals surface area contributed by atoms with E-state index in [0.29, 0.717) is 12.1 Å². The molecular weight excluding hydrogens is 410 g/mol. The highest BCUT2D eigenvalue weighted by atomic mass is 16.1. The van der Waals surface area contributed by atoms with Crippen LogP contribution >= 0.6 is 0 Å². The predicted octanol–water partition coefficient (Wildman–Crippen LogP) is 4.45. The monoisotopic (exact) mass is 439 g/mol. The van der Waals surface area contributed by atoms with E-state index in [-0.39, 0.29) is 11.9 Å². The second kappa shape index (κ2) is 10.2. The molecule has 6 nitrogen and oxygen atoms in total. The molecule has 3 N–H and O–H groups in total. The Morgan fingerprint density at radius 1 is 1.24 bits per heavy atom. The molecule has 0 radical (unpaired) electrons. The number of nitrogens with two attached hydrogens (primary N) is 1. The standard InChI is InChI=1S/C27H29N5O/c1-18-7-3-5-9-23(18)32-27(33)26-14-20(22-8-4-6-10-25(22)31-26)13-19-11-12-24(30-16-19)21(15-28)17-29-2/h4,6,8,10-12,14-17,23H,1,3,5,7,9,13,28H2,2H3,(H,32,33). The largest absolute Gasteiger partial charge is 0.404 e. The second-order valence-electron chi connectivity index (χ2n) is 8.35. The number of nitrogens with zero attached hydrogens (tertiary/aromatic N) is 3. The van der Waals surface area contributed by atoms with Gasteiger partial charge in [-0.05, 0) is 55.0 Å². The van der Waals surface area contributed by atoms with Gasteiger partial charge < -0.3 is 11.1 Å². The van der Waals surface area contributed by atoms with Gasteiger partial charge in [0.2, 0.25) is 0 Å². The van der Waals surface area contributed by atoms with Crippen molar-refractivity contribution < 1.29 is 4.79 Å². The van der Waals surface area contributed by atoms with E-state index in [9.17, 15) is 4.79 Å². The lowest BCUT2D eigenvalue weighted by atomic mass is 9.91. The zero-order valence-electron chi connectivity index (χ0n) is 18.9. The summed E-state index contributed by atoms with van der Waals surface area (Å²) in [4.78, 5) is 26.3. The molecular formula is C27H29N5O. The van der Waals surface area contributed by atoms with Gasteiger partial charge in [-0.1, -0.05) is 42.8 Å². The molecule has 0 bridgehead atoms. The van der Waals surface area contributed by atoms with Gasteiger partial charge in [-0.3, -0.25) is 14.8 Å². The SMILES string of the molecule is C=C1CCCCC1NC(=O)c1cc(Cc2ccc(C(C=NC)=CN)nc2)c2ccccc2n1. The van der Waals surface area contributed by atoms with Crippen molar-refractivity contribution in [2.45, 2.75) is 38.1 Å². The summed E-state index contributed by atoms with van der Waals surface area (Å²) in [6.07, 6.45) is 9.81. The number of fused-ring (bicyclic) bond motifs is 1. The van der Waals surface area contributed by atoms with Crippen LogP contribution in [-0.2, 0) is 6.42 Å². The first-order chi connectivity index (χ1) is 16.1. The van der Waals surface area contributed by atoms with E-state index in [2.05, 4.69) is 26.9 Å². The molecule has 1 unspecified atom stereocenters. The summed E-state index contributed by atoms with van der Waals surface area (Å²) in [6, 6.07) is 13.8. The van der Waals surface area contributed by atoms with E-state index >= 15 is 0 Å². The first-order valence-corrected chi connectivity index (χ1v) is 11.3. The molecule has 1 amide bonds. The molecule has 1 aromatic carbocycles. The van der Waals surface area contributed by atoms with Crippen LogP contribution in [-0.4, -0.2) is 35.2 Å². The highest BCUT2D eigenvalue weighted by molar-refractivity contribution is 6.08. The lowest BCUT2D eigenvalue weighted by Crippen LogP contribution is -2.38. The van der Waals surface area contributed by atoms with Gasteiger partial charge in [0.25, 0.3) is 5.91 Å². The minimum Gasteiger partial charge on any atom is -0.404 e. The molecule has 1 atom stereocenters. The highest BCUT2D eigenvalue weighted by Crippen LogP contribution is 2.24. The summed E-state index contributed by atoms with van der Waals surface area (Å²) in [5.41, 5.74) is 11.6. The zero-order valence-corrected chi connectivity index (χ0v) is 18.9. The summed E-state index contributed by atoms with van der Waals surface area (Å²) >= 11 is 0. The van der Waals surface area contributed by atoms with Crippen LogP contribution in [0.4, 0.5) is 0 Å². The number of aromatic nitrogens is 2. The Kier molecular flexibility index (Phi) is 6.93. The molecule has 4 rings (SSSR count). The van der Waals surface area contributed by atoms with Crippen LogP contribution in [0.1, 0.15) is 53.0 Å². The van der Waals surface area contributed by atoms with Gasteiger partial charge in [0.1, 0.15) is 5.69 Å². The highest BCUT2D eigenvalue weighted by Gasteiger charge is 2.21. The van der Waals surface area contributed by atoms with Crippen molar-refractivity contribution in [3.05, 3.63) is 89.5 Å². The third-order valence-corrected chi connectivity index (χ3v) is 6.04. The Morgan fingerprint density at radius 3 is 2.82 bits per heavy atom. The van der Waals surface area contributed by atoms with Crippen LogP contribution in [0.15, 0.2) is 72.0 Å². The van der Waals surface area contributed by atoms with Gasteiger partial charge in [0, 0.05) is 36.6 Å². The van der Waals surface area contributed by atoms with Crippen molar-refractivity contribution >= 4 is 28.6 Å². The Balaban J connectivity index is 1.62. The number of rotatable bonds is 6. The zero-order chi connectivity index (χ0) is 23.2. The number of benzene rings is 1. The Labute approximate surface area is 194 Å². The molecule has 168 valence electrons.